The first-order chi connectivity index (χ1) is 8.92. The van der Waals surface area contributed by atoms with E-state index in [9.17, 15) is 9.59 Å². The molecule has 19 heavy (non-hydrogen) atoms. The Labute approximate surface area is 113 Å². The molecule has 0 aliphatic carbocycles. The van der Waals surface area contributed by atoms with Gasteiger partial charge in [-0.3, -0.25) is 4.79 Å². The Morgan fingerprint density at radius 2 is 1.63 bits per heavy atom. The normalized spacial score (nSPS) is 10.7. The van der Waals surface area contributed by atoms with Crippen LogP contribution in [0.15, 0.2) is 30.3 Å². The fourth-order valence-electron chi connectivity index (χ4n) is 1.67. The highest BCUT2D eigenvalue weighted by atomic mass is 16.2. The molecule has 0 aliphatic heterocycles. The van der Waals surface area contributed by atoms with Gasteiger partial charge in [0.1, 0.15) is 0 Å². The summed E-state index contributed by atoms with van der Waals surface area (Å²) in [7, 11) is 0. The second-order valence-electron chi connectivity index (χ2n) is 4.85. The van der Waals surface area contributed by atoms with Crippen LogP contribution in [0.2, 0.25) is 0 Å². The van der Waals surface area contributed by atoms with Gasteiger partial charge in [-0.15, -0.1) is 0 Å². The van der Waals surface area contributed by atoms with Crippen molar-refractivity contribution >= 4 is 11.9 Å². The van der Waals surface area contributed by atoms with E-state index in [4.69, 9.17) is 0 Å². The van der Waals surface area contributed by atoms with Crippen LogP contribution in [0.5, 0.6) is 0 Å². The maximum Gasteiger partial charge on any atom is 0.315 e. The van der Waals surface area contributed by atoms with Crippen molar-refractivity contribution in [1.29, 1.82) is 0 Å². The molecule has 104 valence electrons. The van der Waals surface area contributed by atoms with Gasteiger partial charge in [-0.2, -0.15) is 0 Å². The van der Waals surface area contributed by atoms with Crippen LogP contribution in [0.25, 0.3) is 0 Å². The van der Waals surface area contributed by atoms with Crippen LogP contribution >= 0.6 is 0 Å². The first-order valence-corrected chi connectivity index (χ1v) is 6.28. The average molecular weight is 263 g/mol. The summed E-state index contributed by atoms with van der Waals surface area (Å²) in [6.45, 7) is 6.15. The van der Waals surface area contributed by atoms with Crippen LogP contribution in [-0.4, -0.2) is 25.0 Å². The first-order valence-electron chi connectivity index (χ1n) is 6.28. The maximum absolute atomic E-state index is 11.7. The molecule has 0 heterocycles. The summed E-state index contributed by atoms with van der Waals surface area (Å²) in [5.41, 5.74) is 0.589. The van der Waals surface area contributed by atoms with Crippen molar-refractivity contribution in [1.82, 2.24) is 16.0 Å². The van der Waals surface area contributed by atoms with Gasteiger partial charge in [0.2, 0.25) is 5.91 Å². The van der Waals surface area contributed by atoms with Crippen molar-refractivity contribution in [2.75, 3.05) is 13.1 Å². The molecule has 0 radical (unpaired) electrons. The molecule has 3 N–H and O–H groups in total. The Kier molecular flexibility index (Phi) is 5.36. The van der Waals surface area contributed by atoms with Crippen LogP contribution in [0, 0.1) is 0 Å². The van der Waals surface area contributed by atoms with Crippen molar-refractivity contribution in [3.05, 3.63) is 35.9 Å². The van der Waals surface area contributed by atoms with E-state index in [2.05, 4.69) is 16.0 Å². The summed E-state index contributed by atoms with van der Waals surface area (Å²) in [5.74, 6) is -0.105. The van der Waals surface area contributed by atoms with Crippen molar-refractivity contribution in [2.45, 2.75) is 26.3 Å². The Bertz CT molecular complexity index is 430. The lowest BCUT2D eigenvalue weighted by Crippen LogP contribution is -2.47. The summed E-state index contributed by atoms with van der Waals surface area (Å²) in [6, 6.07) is 9.50. The molecule has 1 aromatic rings. The molecule has 0 saturated heterocycles. The van der Waals surface area contributed by atoms with Gasteiger partial charge in [0.15, 0.2) is 0 Å². The lowest BCUT2D eigenvalue weighted by molar-refractivity contribution is -0.118. The SMILES string of the molecule is CC(=O)NCCNC(=O)NC(C)(C)c1ccccc1. The number of hydrogen-bond acceptors (Lipinski definition) is 2. The van der Waals surface area contributed by atoms with Gasteiger partial charge in [0.05, 0.1) is 5.54 Å². The van der Waals surface area contributed by atoms with Crippen LogP contribution in [-0.2, 0) is 10.3 Å². The molecular formula is C14H21N3O2. The molecule has 5 heteroatoms. The van der Waals surface area contributed by atoms with E-state index in [1.807, 2.05) is 44.2 Å². The van der Waals surface area contributed by atoms with E-state index in [-0.39, 0.29) is 11.9 Å². The highest BCUT2D eigenvalue weighted by Gasteiger charge is 2.22. The van der Waals surface area contributed by atoms with E-state index < -0.39 is 5.54 Å². The second-order valence-corrected chi connectivity index (χ2v) is 4.85. The predicted octanol–water partition coefficient (Wildman–Crippen LogP) is 1.36. The molecule has 1 aromatic carbocycles. The zero-order chi connectivity index (χ0) is 14.3. The largest absolute Gasteiger partial charge is 0.355 e. The molecule has 0 aromatic heterocycles. The molecular weight excluding hydrogens is 242 g/mol. The number of hydrogen-bond donors (Lipinski definition) is 3. The molecule has 0 spiro atoms. The average Bonchev–Trinajstić information content (AvgIpc) is 2.35. The zero-order valence-corrected chi connectivity index (χ0v) is 11.6. The number of nitrogens with one attached hydrogen (secondary N) is 3. The summed E-state index contributed by atoms with van der Waals surface area (Å²) in [5, 5.41) is 8.21. The minimum Gasteiger partial charge on any atom is -0.355 e. The van der Waals surface area contributed by atoms with Gasteiger partial charge in [-0.25, -0.2) is 4.79 Å². The highest BCUT2D eigenvalue weighted by molar-refractivity contribution is 5.75. The van der Waals surface area contributed by atoms with E-state index in [1.54, 1.807) is 0 Å². The number of amides is 3. The minimum atomic E-state index is -0.445. The fraction of sp³-hybridized carbons (Fsp3) is 0.429. The third kappa shape index (κ3) is 5.42. The first kappa shape index (κ1) is 15.0. The molecule has 0 atom stereocenters. The summed E-state index contributed by atoms with van der Waals surface area (Å²) in [6.07, 6.45) is 0. The van der Waals surface area contributed by atoms with Gasteiger partial charge in [0.25, 0.3) is 0 Å². The standard InChI is InChI=1S/C14H21N3O2/c1-11(18)15-9-10-16-13(19)17-14(2,3)12-7-5-4-6-8-12/h4-8H,9-10H2,1-3H3,(H,15,18)(H2,16,17,19). The van der Waals surface area contributed by atoms with E-state index in [0.717, 1.165) is 5.56 Å². The van der Waals surface area contributed by atoms with Crippen molar-refractivity contribution in [3.63, 3.8) is 0 Å². The number of rotatable bonds is 5. The summed E-state index contributed by atoms with van der Waals surface area (Å²) in [4.78, 5) is 22.4. The lowest BCUT2D eigenvalue weighted by atomic mass is 9.95. The quantitative estimate of drug-likeness (QED) is 0.702. The minimum absolute atomic E-state index is 0.105. The molecule has 0 unspecified atom stereocenters. The second kappa shape index (κ2) is 6.78. The molecule has 5 nitrogen and oxygen atoms in total. The number of carbonyl (C=O) groups is 2. The number of benzene rings is 1. The monoisotopic (exact) mass is 263 g/mol. The van der Waals surface area contributed by atoms with Crippen molar-refractivity contribution in [3.8, 4) is 0 Å². The van der Waals surface area contributed by atoms with Crippen LogP contribution < -0.4 is 16.0 Å². The maximum atomic E-state index is 11.7. The van der Waals surface area contributed by atoms with Crippen LogP contribution in [0.4, 0.5) is 4.79 Å². The van der Waals surface area contributed by atoms with Gasteiger partial charge in [0, 0.05) is 20.0 Å². The summed E-state index contributed by atoms with van der Waals surface area (Å²) < 4.78 is 0. The number of carbonyl (C=O) groups excluding carboxylic acids is 2. The Balaban J connectivity index is 2.41. The van der Waals surface area contributed by atoms with E-state index >= 15 is 0 Å². The van der Waals surface area contributed by atoms with Gasteiger partial charge < -0.3 is 16.0 Å². The molecule has 0 aliphatic rings. The molecule has 0 bridgehead atoms. The Morgan fingerprint density at radius 1 is 1.05 bits per heavy atom. The van der Waals surface area contributed by atoms with Crippen LogP contribution in [0.1, 0.15) is 26.3 Å². The molecule has 1 rings (SSSR count). The van der Waals surface area contributed by atoms with E-state index in [1.165, 1.54) is 6.92 Å². The highest BCUT2D eigenvalue weighted by Crippen LogP contribution is 2.18. The third-order valence-corrected chi connectivity index (χ3v) is 2.71. The van der Waals surface area contributed by atoms with Gasteiger partial charge in [-0.1, -0.05) is 30.3 Å². The van der Waals surface area contributed by atoms with Gasteiger partial charge in [-0.05, 0) is 19.4 Å². The van der Waals surface area contributed by atoms with Crippen molar-refractivity contribution < 1.29 is 9.59 Å². The Hall–Kier alpha value is -2.04. The van der Waals surface area contributed by atoms with Crippen molar-refractivity contribution in [2.24, 2.45) is 0 Å². The number of urea groups is 1. The Morgan fingerprint density at radius 3 is 2.21 bits per heavy atom. The molecule has 0 fully saturated rings. The fourth-order valence-corrected chi connectivity index (χ4v) is 1.67. The third-order valence-electron chi connectivity index (χ3n) is 2.71. The van der Waals surface area contributed by atoms with E-state index in [0.29, 0.717) is 13.1 Å². The predicted molar refractivity (Wildman–Crippen MR) is 74.7 cm³/mol. The zero-order valence-electron chi connectivity index (χ0n) is 11.6. The smallest absolute Gasteiger partial charge is 0.315 e. The molecule has 3 amide bonds. The lowest BCUT2D eigenvalue weighted by Gasteiger charge is -2.27. The summed E-state index contributed by atoms with van der Waals surface area (Å²) >= 11 is 0. The molecule has 0 saturated carbocycles. The topological polar surface area (TPSA) is 70.2 Å². The van der Waals surface area contributed by atoms with Gasteiger partial charge >= 0.3 is 6.03 Å². The van der Waals surface area contributed by atoms with Crippen LogP contribution in [0.3, 0.4) is 0 Å².